The number of carbonyl (C=O) groups excluding carboxylic acids is 1. The molecule has 1 N–H and O–H groups in total. The third-order valence-corrected chi connectivity index (χ3v) is 7.11. The van der Waals surface area contributed by atoms with Gasteiger partial charge in [-0.25, -0.2) is 12.8 Å². The molecular weight excluding hydrogens is 466 g/mol. The van der Waals surface area contributed by atoms with Crippen LogP contribution >= 0.6 is 0 Å². The highest BCUT2D eigenvalue weighted by Crippen LogP contribution is 2.28. The van der Waals surface area contributed by atoms with E-state index in [0.29, 0.717) is 13.1 Å². The third kappa shape index (κ3) is 5.45. The number of sulfonamides is 1. The van der Waals surface area contributed by atoms with E-state index >= 15 is 0 Å². The molecule has 0 aliphatic carbocycles. The molecule has 2 aliphatic rings. The predicted molar refractivity (Wildman–Crippen MR) is 109 cm³/mol. The van der Waals surface area contributed by atoms with E-state index in [0.717, 1.165) is 55.9 Å². The summed E-state index contributed by atoms with van der Waals surface area (Å²) < 4.78 is 82.3. The van der Waals surface area contributed by atoms with Gasteiger partial charge in [0.15, 0.2) is 0 Å². The molecule has 2 fully saturated rings. The molecule has 2 saturated heterocycles. The third-order valence-electron chi connectivity index (χ3n) is 5.67. The molecule has 2 aromatic carbocycles. The molecule has 0 spiro atoms. The molecule has 4 rings (SSSR count). The summed E-state index contributed by atoms with van der Waals surface area (Å²) in [6.45, 7) is 2.85. The topological polar surface area (TPSA) is 78.9 Å². The quantitative estimate of drug-likeness (QED) is 0.608. The van der Waals surface area contributed by atoms with Crippen LogP contribution in [0.5, 0.6) is 5.75 Å². The maximum atomic E-state index is 13.4. The van der Waals surface area contributed by atoms with Crippen LogP contribution in [0.4, 0.5) is 17.6 Å². The number of likely N-dealkylation sites (tertiary alicyclic amines) is 2. The highest BCUT2D eigenvalue weighted by Gasteiger charge is 2.40. The van der Waals surface area contributed by atoms with Crippen molar-refractivity contribution < 1.29 is 35.5 Å². The summed E-state index contributed by atoms with van der Waals surface area (Å²) >= 11 is 0. The fourth-order valence-corrected chi connectivity index (χ4v) is 4.89. The van der Waals surface area contributed by atoms with Crippen molar-refractivity contribution in [2.45, 2.75) is 29.8 Å². The summed E-state index contributed by atoms with van der Waals surface area (Å²) in [6, 6.07) is 7.39. The second kappa shape index (κ2) is 8.92. The Morgan fingerprint density at radius 1 is 1.03 bits per heavy atom. The molecule has 12 heteroatoms. The number of nitrogens with one attached hydrogen (secondary N) is 1. The number of rotatable bonds is 7. The van der Waals surface area contributed by atoms with Gasteiger partial charge in [0.2, 0.25) is 15.9 Å². The monoisotopic (exact) mass is 487 g/mol. The number of nitrogens with zero attached hydrogens (tertiary/aromatic N) is 2. The first-order chi connectivity index (χ1) is 15.5. The minimum absolute atomic E-state index is 0.231. The molecular formula is C21H21F4N3O4S. The van der Waals surface area contributed by atoms with Crippen LogP contribution in [0.1, 0.15) is 18.0 Å². The second-order valence-corrected chi connectivity index (χ2v) is 9.63. The van der Waals surface area contributed by atoms with Crippen molar-refractivity contribution in [1.82, 2.24) is 14.5 Å². The van der Waals surface area contributed by atoms with Crippen molar-refractivity contribution in [3.8, 4) is 5.75 Å². The Kier molecular flexibility index (Phi) is 6.34. The first-order valence-corrected chi connectivity index (χ1v) is 11.7. The molecule has 0 radical (unpaired) electrons. The molecule has 7 nitrogen and oxygen atoms in total. The molecule has 0 bridgehead atoms. The van der Waals surface area contributed by atoms with Gasteiger partial charge in [-0.3, -0.25) is 9.69 Å². The summed E-state index contributed by atoms with van der Waals surface area (Å²) in [5.74, 6) is -1.61. The lowest BCUT2D eigenvalue weighted by Gasteiger charge is -2.49. The van der Waals surface area contributed by atoms with Gasteiger partial charge in [0.25, 0.3) is 0 Å². The van der Waals surface area contributed by atoms with Crippen molar-refractivity contribution in [2.24, 2.45) is 0 Å². The average Bonchev–Trinajstić information content (AvgIpc) is 2.66. The zero-order valence-electron chi connectivity index (χ0n) is 17.3. The lowest BCUT2D eigenvalue weighted by Crippen LogP contribution is -2.65. The number of amides is 1. The molecule has 33 heavy (non-hydrogen) atoms. The van der Waals surface area contributed by atoms with E-state index in [-0.39, 0.29) is 16.5 Å². The van der Waals surface area contributed by atoms with Gasteiger partial charge in [0.05, 0.1) is 4.90 Å². The fourth-order valence-electron chi connectivity index (χ4n) is 3.71. The van der Waals surface area contributed by atoms with Gasteiger partial charge in [-0.15, -0.1) is 13.2 Å². The Morgan fingerprint density at radius 2 is 1.64 bits per heavy atom. The maximum Gasteiger partial charge on any atom is 0.573 e. The molecule has 178 valence electrons. The summed E-state index contributed by atoms with van der Waals surface area (Å²) in [7, 11) is -4.30. The van der Waals surface area contributed by atoms with Crippen LogP contribution in [-0.4, -0.2) is 62.7 Å². The van der Waals surface area contributed by atoms with Crippen molar-refractivity contribution >= 4 is 15.9 Å². The summed E-state index contributed by atoms with van der Waals surface area (Å²) in [6.07, 6.45) is -3.81. The van der Waals surface area contributed by atoms with Gasteiger partial charge in [0, 0.05) is 19.1 Å². The van der Waals surface area contributed by atoms with Crippen LogP contribution in [0.2, 0.25) is 0 Å². The normalized spacial score (nSPS) is 18.4. The number of ether oxygens (including phenoxy) is 1. The van der Waals surface area contributed by atoms with E-state index in [9.17, 15) is 30.8 Å². The minimum Gasteiger partial charge on any atom is -0.406 e. The van der Waals surface area contributed by atoms with Crippen LogP contribution < -0.4 is 9.46 Å². The number of carbonyl (C=O) groups is 1. The Labute approximate surface area is 188 Å². The molecule has 2 aromatic rings. The van der Waals surface area contributed by atoms with Crippen LogP contribution in [0.25, 0.3) is 0 Å². The predicted octanol–water partition coefficient (Wildman–Crippen LogP) is 2.66. The average molecular weight is 487 g/mol. The SMILES string of the molecule is O=C([C@@H](NS(=O)(=O)c1ccc(OC(F)(F)F)cc1)c1ccc(F)cc1)N1CC(N2CCC2)C1. The summed E-state index contributed by atoms with van der Waals surface area (Å²) in [4.78, 5) is 16.6. The van der Waals surface area contributed by atoms with Gasteiger partial charge in [-0.2, -0.15) is 4.72 Å². The van der Waals surface area contributed by atoms with Crippen LogP contribution in [-0.2, 0) is 14.8 Å². The lowest BCUT2D eigenvalue weighted by molar-refractivity contribution is -0.274. The van der Waals surface area contributed by atoms with Crippen molar-refractivity contribution in [3.63, 3.8) is 0 Å². The Bertz CT molecular complexity index is 1100. The van der Waals surface area contributed by atoms with E-state index in [1.54, 1.807) is 0 Å². The summed E-state index contributed by atoms with van der Waals surface area (Å²) in [5.41, 5.74) is 0.245. The highest BCUT2D eigenvalue weighted by atomic mass is 32.2. The largest absolute Gasteiger partial charge is 0.573 e. The van der Waals surface area contributed by atoms with E-state index < -0.39 is 39.9 Å². The van der Waals surface area contributed by atoms with Crippen molar-refractivity contribution in [3.05, 3.63) is 59.9 Å². The van der Waals surface area contributed by atoms with E-state index in [1.165, 1.54) is 17.0 Å². The Morgan fingerprint density at radius 3 is 2.15 bits per heavy atom. The van der Waals surface area contributed by atoms with Crippen LogP contribution in [0.3, 0.4) is 0 Å². The number of hydrogen-bond donors (Lipinski definition) is 1. The van der Waals surface area contributed by atoms with Gasteiger partial charge >= 0.3 is 6.36 Å². The number of benzene rings is 2. The van der Waals surface area contributed by atoms with Crippen LogP contribution in [0, 0.1) is 5.82 Å². The number of hydrogen-bond acceptors (Lipinski definition) is 5. The van der Waals surface area contributed by atoms with Crippen LogP contribution in [0.15, 0.2) is 53.4 Å². The fraction of sp³-hybridized carbons (Fsp3) is 0.381. The molecule has 2 aliphatic heterocycles. The first kappa shape index (κ1) is 23.5. The lowest BCUT2D eigenvalue weighted by atomic mass is 9.99. The second-order valence-electron chi connectivity index (χ2n) is 7.91. The molecule has 0 unspecified atom stereocenters. The first-order valence-electron chi connectivity index (χ1n) is 10.2. The van der Waals surface area contributed by atoms with E-state index in [4.69, 9.17) is 0 Å². The van der Waals surface area contributed by atoms with Gasteiger partial charge in [-0.05, 0) is 61.5 Å². The standard InChI is InChI=1S/C21H21F4N3O4S/c22-15-4-2-14(3-5-15)19(20(29)28-12-16(13-28)27-10-1-11-27)26-33(30,31)18-8-6-17(7-9-18)32-21(23,24)25/h2-9,16,19,26H,1,10-13H2/t19-/m0/s1. The maximum absolute atomic E-state index is 13.4. The molecule has 1 amide bonds. The van der Waals surface area contributed by atoms with Gasteiger partial charge in [-0.1, -0.05) is 12.1 Å². The van der Waals surface area contributed by atoms with Crippen molar-refractivity contribution in [2.75, 3.05) is 26.2 Å². The van der Waals surface area contributed by atoms with Gasteiger partial charge in [0.1, 0.15) is 17.6 Å². The molecule has 0 saturated carbocycles. The molecule has 1 atom stereocenters. The van der Waals surface area contributed by atoms with Gasteiger partial charge < -0.3 is 9.64 Å². The Balaban J connectivity index is 1.52. The van der Waals surface area contributed by atoms with E-state index in [1.807, 2.05) is 0 Å². The smallest absolute Gasteiger partial charge is 0.406 e. The highest BCUT2D eigenvalue weighted by molar-refractivity contribution is 7.89. The summed E-state index contributed by atoms with van der Waals surface area (Å²) in [5, 5.41) is 0. The number of halogens is 4. The zero-order valence-corrected chi connectivity index (χ0v) is 18.1. The zero-order chi connectivity index (χ0) is 23.8. The molecule has 2 heterocycles. The van der Waals surface area contributed by atoms with E-state index in [2.05, 4.69) is 14.4 Å². The number of alkyl halides is 3. The molecule has 0 aromatic heterocycles. The van der Waals surface area contributed by atoms with Crippen molar-refractivity contribution in [1.29, 1.82) is 0 Å². The minimum atomic E-state index is -4.91. The Hall–Kier alpha value is -2.70.